The van der Waals surface area contributed by atoms with Crippen LogP contribution in [0.1, 0.15) is 21.6 Å². The summed E-state index contributed by atoms with van der Waals surface area (Å²) in [5.74, 6) is -1.65. The summed E-state index contributed by atoms with van der Waals surface area (Å²) in [6.45, 7) is 0. The van der Waals surface area contributed by atoms with Crippen LogP contribution in [0, 0.1) is 11.6 Å². The van der Waals surface area contributed by atoms with Crippen molar-refractivity contribution in [1.82, 2.24) is 5.16 Å². The van der Waals surface area contributed by atoms with Gasteiger partial charge in [0.05, 0.1) is 5.69 Å². The molecule has 0 radical (unpaired) electrons. The summed E-state index contributed by atoms with van der Waals surface area (Å²) in [4.78, 5) is 12.5. The lowest BCUT2D eigenvalue weighted by atomic mass is 9.89. The fraction of sp³-hybridized carbons (Fsp3) is 0.111. The lowest BCUT2D eigenvalue weighted by molar-refractivity contribution is 0.101. The van der Waals surface area contributed by atoms with Crippen molar-refractivity contribution in [1.29, 1.82) is 0 Å². The Hall–Kier alpha value is -2.54. The molecule has 4 rings (SSSR count). The summed E-state index contributed by atoms with van der Waals surface area (Å²) in [7, 11) is 0. The number of anilines is 1. The Labute approximate surface area is 150 Å². The van der Waals surface area contributed by atoms with Crippen LogP contribution in [-0.2, 0) is 12.8 Å². The van der Waals surface area contributed by atoms with E-state index in [1.165, 1.54) is 0 Å². The average molecular weight is 405 g/mol. The molecule has 0 saturated heterocycles. The van der Waals surface area contributed by atoms with Crippen molar-refractivity contribution in [2.75, 3.05) is 5.32 Å². The van der Waals surface area contributed by atoms with Crippen molar-refractivity contribution < 1.29 is 18.1 Å². The number of amides is 1. The second-order valence-electron chi connectivity index (χ2n) is 5.69. The fourth-order valence-corrected chi connectivity index (χ4v) is 3.49. The zero-order valence-electron chi connectivity index (χ0n) is 12.8. The molecule has 0 fully saturated rings. The number of benzene rings is 2. The molecule has 1 aliphatic rings. The highest BCUT2D eigenvalue weighted by Crippen LogP contribution is 2.35. The minimum Gasteiger partial charge on any atom is -0.355 e. The van der Waals surface area contributed by atoms with Crippen LogP contribution in [0.3, 0.4) is 0 Å². The molecule has 1 heterocycles. The molecule has 7 heteroatoms. The molecule has 0 aliphatic heterocycles. The predicted octanol–water partition coefficient (Wildman–Crippen LogP) is 4.73. The van der Waals surface area contributed by atoms with Crippen LogP contribution in [0.25, 0.3) is 11.3 Å². The lowest BCUT2D eigenvalue weighted by Gasteiger charge is -2.14. The van der Waals surface area contributed by atoms with Crippen LogP contribution in [0.15, 0.2) is 45.4 Å². The zero-order chi connectivity index (χ0) is 17.6. The normalized spacial score (nSPS) is 12.4. The van der Waals surface area contributed by atoms with Crippen LogP contribution >= 0.6 is 15.9 Å². The van der Waals surface area contributed by atoms with Gasteiger partial charge in [-0.25, -0.2) is 8.78 Å². The predicted molar refractivity (Wildman–Crippen MR) is 91.4 cm³/mol. The maximum atomic E-state index is 13.9. The van der Waals surface area contributed by atoms with E-state index in [-0.39, 0.29) is 15.9 Å². The van der Waals surface area contributed by atoms with Crippen LogP contribution < -0.4 is 5.32 Å². The summed E-state index contributed by atoms with van der Waals surface area (Å²) in [5.41, 5.74) is 2.70. The van der Waals surface area contributed by atoms with Crippen molar-refractivity contribution >= 4 is 27.5 Å². The highest BCUT2D eigenvalue weighted by molar-refractivity contribution is 9.10. The molecule has 25 heavy (non-hydrogen) atoms. The number of hydrogen-bond acceptors (Lipinski definition) is 3. The summed E-state index contributed by atoms with van der Waals surface area (Å²) in [6, 6.07) is 9.54. The number of rotatable bonds is 2. The second-order valence-corrected chi connectivity index (χ2v) is 6.55. The highest BCUT2D eigenvalue weighted by atomic mass is 79.9. The molecule has 0 spiro atoms. The van der Waals surface area contributed by atoms with Gasteiger partial charge in [0.15, 0.2) is 17.3 Å². The third-order valence-electron chi connectivity index (χ3n) is 4.15. The minimum absolute atomic E-state index is 0.111. The van der Waals surface area contributed by atoms with Crippen LogP contribution in [0.5, 0.6) is 0 Å². The topological polar surface area (TPSA) is 55.1 Å². The largest absolute Gasteiger partial charge is 0.355 e. The van der Waals surface area contributed by atoms with Gasteiger partial charge in [0.1, 0.15) is 5.82 Å². The first-order valence-electron chi connectivity index (χ1n) is 7.57. The number of carbonyl (C=O) groups is 1. The van der Waals surface area contributed by atoms with Gasteiger partial charge in [-0.2, -0.15) is 0 Å². The highest BCUT2D eigenvalue weighted by Gasteiger charge is 2.28. The van der Waals surface area contributed by atoms with Gasteiger partial charge in [-0.3, -0.25) is 4.79 Å². The number of aromatic nitrogens is 1. The molecule has 3 aromatic rings. The Bertz CT molecular complexity index is 977. The zero-order valence-corrected chi connectivity index (χ0v) is 14.4. The van der Waals surface area contributed by atoms with Gasteiger partial charge in [-0.05, 0) is 40.4 Å². The van der Waals surface area contributed by atoms with E-state index in [4.69, 9.17) is 4.52 Å². The first-order chi connectivity index (χ1) is 12.0. The summed E-state index contributed by atoms with van der Waals surface area (Å²) in [5, 5.41) is 6.30. The van der Waals surface area contributed by atoms with E-state index in [1.54, 1.807) is 0 Å². The Morgan fingerprint density at radius 3 is 2.80 bits per heavy atom. The van der Waals surface area contributed by atoms with E-state index in [0.717, 1.165) is 23.6 Å². The maximum Gasteiger partial charge on any atom is 0.278 e. The average Bonchev–Trinajstić information content (AvgIpc) is 3.02. The van der Waals surface area contributed by atoms with Crippen molar-refractivity contribution in [3.05, 3.63) is 69.3 Å². The molecular formula is C18H11BrF2N2O2. The Balaban J connectivity index is 1.69. The van der Waals surface area contributed by atoms with Crippen LogP contribution in [-0.4, -0.2) is 11.1 Å². The molecule has 1 amide bonds. The molecule has 1 aromatic heterocycles. The molecule has 0 bridgehead atoms. The Morgan fingerprint density at radius 1 is 1.20 bits per heavy atom. The van der Waals surface area contributed by atoms with Gasteiger partial charge >= 0.3 is 0 Å². The van der Waals surface area contributed by atoms with Gasteiger partial charge in [0.2, 0.25) is 0 Å². The number of nitrogens with zero attached hydrogens (tertiary/aromatic N) is 1. The standard InChI is InChI=1S/C18H11BrF2N2O2/c19-13-7-10(20)8-14(21)16(13)22-18(24)15-12-6-5-9-3-1-2-4-11(9)17(12)25-23-15/h1-4,7-8H,5-6H2,(H,22,24). The number of fused-ring (bicyclic) bond motifs is 3. The number of halogens is 3. The molecule has 126 valence electrons. The van der Waals surface area contributed by atoms with E-state index in [2.05, 4.69) is 26.4 Å². The summed E-state index contributed by atoms with van der Waals surface area (Å²) >= 11 is 3.05. The minimum atomic E-state index is -0.872. The van der Waals surface area contributed by atoms with E-state index >= 15 is 0 Å². The quantitative estimate of drug-likeness (QED) is 0.671. The Kier molecular flexibility index (Phi) is 3.88. The molecule has 1 N–H and O–H groups in total. The van der Waals surface area contributed by atoms with Crippen molar-refractivity contribution in [3.8, 4) is 11.3 Å². The van der Waals surface area contributed by atoms with Gasteiger partial charge < -0.3 is 9.84 Å². The molecular weight excluding hydrogens is 394 g/mol. The number of aryl methyl sites for hydroxylation is 1. The number of hydrogen-bond donors (Lipinski definition) is 1. The third-order valence-corrected chi connectivity index (χ3v) is 4.78. The monoisotopic (exact) mass is 404 g/mol. The molecule has 2 aromatic carbocycles. The fourth-order valence-electron chi connectivity index (χ4n) is 2.99. The van der Waals surface area contributed by atoms with E-state index in [0.29, 0.717) is 23.8 Å². The molecule has 0 saturated carbocycles. The molecule has 1 aliphatic carbocycles. The van der Waals surface area contributed by atoms with Crippen LogP contribution in [0.4, 0.5) is 14.5 Å². The van der Waals surface area contributed by atoms with Gasteiger partial charge in [-0.1, -0.05) is 29.4 Å². The SMILES string of the molecule is O=C(Nc1c(F)cc(F)cc1Br)c1noc2c1CCc1ccccc1-2. The number of nitrogens with one attached hydrogen (secondary N) is 1. The van der Waals surface area contributed by atoms with Gasteiger partial charge in [0, 0.05) is 21.7 Å². The number of carbonyl (C=O) groups excluding carboxylic acids is 1. The first-order valence-corrected chi connectivity index (χ1v) is 8.36. The van der Waals surface area contributed by atoms with Crippen LogP contribution in [0.2, 0.25) is 0 Å². The Morgan fingerprint density at radius 2 is 2.00 bits per heavy atom. The summed E-state index contributed by atoms with van der Waals surface area (Å²) < 4.78 is 32.6. The summed E-state index contributed by atoms with van der Waals surface area (Å²) in [6.07, 6.45) is 1.37. The molecule has 0 atom stereocenters. The molecule has 4 nitrogen and oxygen atoms in total. The first kappa shape index (κ1) is 16.0. The van der Waals surface area contributed by atoms with E-state index in [1.807, 2.05) is 24.3 Å². The van der Waals surface area contributed by atoms with E-state index in [9.17, 15) is 13.6 Å². The molecule has 0 unspecified atom stereocenters. The van der Waals surface area contributed by atoms with Gasteiger partial charge in [0.25, 0.3) is 5.91 Å². The third kappa shape index (κ3) is 2.74. The second kappa shape index (κ2) is 6.07. The maximum absolute atomic E-state index is 13.9. The lowest BCUT2D eigenvalue weighted by Crippen LogP contribution is -2.17. The van der Waals surface area contributed by atoms with E-state index < -0.39 is 17.5 Å². The van der Waals surface area contributed by atoms with Crippen molar-refractivity contribution in [2.45, 2.75) is 12.8 Å². The van der Waals surface area contributed by atoms with Crippen molar-refractivity contribution in [3.63, 3.8) is 0 Å². The smallest absolute Gasteiger partial charge is 0.278 e. The van der Waals surface area contributed by atoms with Crippen molar-refractivity contribution in [2.24, 2.45) is 0 Å². The van der Waals surface area contributed by atoms with Gasteiger partial charge in [-0.15, -0.1) is 0 Å².